The Morgan fingerprint density at radius 2 is 1.97 bits per heavy atom. The van der Waals surface area contributed by atoms with Crippen LogP contribution in [0.25, 0.3) is 16.9 Å². The van der Waals surface area contributed by atoms with Gasteiger partial charge in [0.1, 0.15) is 11.8 Å². The monoisotopic (exact) mass is 405 g/mol. The van der Waals surface area contributed by atoms with Crippen LogP contribution in [0.5, 0.6) is 0 Å². The molecule has 1 N–H and O–H groups in total. The van der Waals surface area contributed by atoms with Gasteiger partial charge in [-0.3, -0.25) is 14.3 Å². The van der Waals surface area contributed by atoms with E-state index in [1.54, 1.807) is 12.5 Å². The fraction of sp³-hybridized carbons (Fsp3) is 0.435. The van der Waals surface area contributed by atoms with E-state index in [0.29, 0.717) is 30.6 Å². The molecule has 1 saturated carbocycles. The highest BCUT2D eigenvalue weighted by atomic mass is 16.3. The number of amides is 1. The fourth-order valence-electron chi connectivity index (χ4n) is 4.35. The summed E-state index contributed by atoms with van der Waals surface area (Å²) in [6.07, 6.45) is 6.73. The molecule has 1 amide bonds. The Hall–Kier alpha value is -2.77. The molecule has 2 aromatic heterocycles. The van der Waals surface area contributed by atoms with Crippen molar-refractivity contribution in [2.75, 3.05) is 32.8 Å². The van der Waals surface area contributed by atoms with Crippen molar-refractivity contribution in [3.63, 3.8) is 0 Å². The number of imidazole rings is 1. The molecule has 1 aromatic carbocycles. The molecular weight excluding hydrogens is 378 g/mol. The van der Waals surface area contributed by atoms with Crippen molar-refractivity contribution in [2.24, 2.45) is 5.92 Å². The van der Waals surface area contributed by atoms with Crippen LogP contribution in [0.2, 0.25) is 0 Å². The number of fused-ring (bicyclic) bond motifs is 1. The molecule has 0 spiro atoms. The van der Waals surface area contributed by atoms with Crippen molar-refractivity contribution in [1.82, 2.24) is 24.3 Å². The first-order valence-electron chi connectivity index (χ1n) is 10.8. The Morgan fingerprint density at radius 1 is 1.13 bits per heavy atom. The molecule has 5 rings (SSSR count). The third kappa shape index (κ3) is 3.82. The zero-order valence-electron chi connectivity index (χ0n) is 17.0. The molecule has 0 radical (unpaired) electrons. The number of pyridine rings is 1. The predicted octanol–water partition coefficient (Wildman–Crippen LogP) is 2.34. The highest BCUT2D eigenvalue weighted by Gasteiger charge is 2.33. The van der Waals surface area contributed by atoms with Gasteiger partial charge in [-0.25, -0.2) is 9.97 Å². The van der Waals surface area contributed by atoms with E-state index in [1.807, 2.05) is 45.9 Å². The van der Waals surface area contributed by atoms with Crippen molar-refractivity contribution in [3.8, 4) is 5.69 Å². The van der Waals surface area contributed by atoms with Gasteiger partial charge in [0.15, 0.2) is 5.65 Å². The molecule has 156 valence electrons. The van der Waals surface area contributed by atoms with Crippen LogP contribution < -0.4 is 0 Å². The lowest BCUT2D eigenvalue weighted by molar-refractivity contribution is 0.0407. The predicted molar refractivity (Wildman–Crippen MR) is 115 cm³/mol. The molecule has 2 fully saturated rings. The van der Waals surface area contributed by atoms with Gasteiger partial charge in [0, 0.05) is 50.7 Å². The number of aliphatic hydroxyl groups is 1. The summed E-state index contributed by atoms with van der Waals surface area (Å²) in [5, 5.41) is 9.49. The summed E-state index contributed by atoms with van der Waals surface area (Å²) in [7, 11) is 0. The number of carbonyl (C=O) groups is 1. The molecule has 1 aliphatic heterocycles. The van der Waals surface area contributed by atoms with E-state index >= 15 is 0 Å². The van der Waals surface area contributed by atoms with Crippen LogP contribution >= 0.6 is 0 Å². The number of hydrogen-bond acceptors (Lipinski definition) is 5. The molecule has 1 unspecified atom stereocenters. The smallest absolute Gasteiger partial charge is 0.255 e. The second-order valence-electron chi connectivity index (χ2n) is 8.37. The van der Waals surface area contributed by atoms with Gasteiger partial charge in [0.05, 0.1) is 5.56 Å². The first-order valence-corrected chi connectivity index (χ1v) is 10.8. The summed E-state index contributed by atoms with van der Waals surface area (Å²) in [6.45, 7) is 3.48. The quantitative estimate of drug-likeness (QED) is 0.681. The summed E-state index contributed by atoms with van der Waals surface area (Å²) in [5.41, 5.74) is 3.01. The minimum atomic E-state index is -0.00678. The third-order valence-electron chi connectivity index (χ3n) is 6.21. The minimum absolute atomic E-state index is 0.00678. The second kappa shape index (κ2) is 8.16. The maximum Gasteiger partial charge on any atom is 0.255 e. The van der Waals surface area contributed by atoms with Crippen LogP contribution in [-0.2, 0) is 0 Å². The largest absolute Gasteiger partial charge is 0.396 e. The number of benzene rings is 1. The van der Waals surface area contributed by atoms with Gasteiger partial charge in [-0.15, -0.1) is 0 Å². The lowest BCUT2D eigenvalue weighted by Crippen LogP contribution is -2.55. The number of nitrogens with zero attached hydrogens (tertiary/aromatic N) is 5. The van der Waals surface area contributed by atoms with Gasteiger partial charge in [0.25, 0.3) is 5.91 Å². The van der Waals surface area contributed by atoms with Gasteiger partial charge in [-0.1, -0.05) is 18.2 Å². The van der Waals surface area contributed by atoms with Crippen LogP contribution in [0.1, 0.15) is 29.6 Å². The number of carbonyl (C=O) groups excluding carboxylic acids is 1. The number of para-hydroxylation sites is 1. The average Bonchev–Trinajstić information content (AvgIpc) is 3.50. The maximum absolute atomic E-state index is 13.2. The highest BCUT2D eigenvalue weighted by molar-refractivity contribution is 5.96. The van der Waals surface area contributed by atoms with E-state index in [2.05, 4.69) is 14.9 Å². The SMILES string of the molecule is O=C(c1cnc2c(c1)ncn2-c1ccccc1)N1CCN(CC2CC2)C(CCO)C1. The first kappa shape index (κ1) is 19.2. The summed E-state index contributed by atoms with van der Waals surface area (Å²) < 4.78 is 1.93. The van der Waals surface area contributed by atoms with Crippen molar-refractivity contribution < 1.29 is 9.90 Å². The number of piperazine rings is 1. The first-order chi connectivity index (χ1) is 14.7. The van der Waals surface area contributed by atoms with E-state index < -0.39 is 0 Å². The fourth-order valence-corrected chi connectivity index (χ4v) is 4.35. The molecule has 0 bridgehead atoms. The van der Waals surface area contributed by atoms with Crippen molar-refractivity contribution >= 4 is 17.1 Å². The van der Waals surface area contributed by atoms with Crippen molar-refractivity contribution in [3.05, 3.63) is 54.5 Å². The van der Waals surface area contributed by atoms with Crippen LogP contribution in [0, 0.1) is 5.92 Å². The van der Waals surface area contributed by atoms with E-state index in [0.717, 1.165) is 30.3 Å². The zero-order valence-corrected chi connectivity index (χ0v) is 17.0. The molecule has 7 heteroatoms. The number of aliphatic hydroxyl groups excluding tert-OH is 1. The topological polar surface area (TPSA) is 74.5 Å². The van der Waals surface area contributed by atoms with Gasteiger partial charge < -0.3 is 10.0 Å². The van der Waals surface area contributed by atoms with Crippen molar-refractivity contribution in [2.45, 2.75) is 25.3 Å². The van der Waals surface area contributed by atoms with Gasteiger partial charge in [-0.05, 0) is 43.4 Å². The van der Waals surface area contributed by atoms with E-state index in [4.69, 9.17) is 0 Å². The lowest BCUT2D eigenvalue weighted by Gasteiger charge is -2.41. The normalized spacial score (nSPS) is 20.0. The van der Waals surface area contributed by atoms with Crippen molar-refractivity contribution in [1.29, 1.82) is 0 Å². The van der Waals surface area contributed by atoms with Gasteiger partial charge in [-0.2, -0.15) is 0 Å². The standard InChI is InChI=1S/C23H27N5O2/c29-11-8-20-15-27(10-9-26(20)14-17-6-7-17)23(30)18-12-21-22(24-13-18)28(16-25-21)19-4-2-1-3-5-19/h1-5,12-13,16-17,20,29H,6-11,14-15H2. The molecule has 3 heterocycles. The molecule has 7 nitrogen and oxygen atoms in total. The summed E-state index contributed by atoms with van der Waals surface area (Å²) in [5.74, 6) is 0.799. The van der Waals surface area contributed by atoms with Crippen LogP contribution in [0.3, 0.4) is 0 Å². The summed E-state index contributed by atoms with van der Waals surface area (Å²) in [6, 6.07) is 12.0. The average molecular weight is 406 g/mol. The summed E-state index contributed by atoms with van der Waals surface area (Å²) >= 11 is 0. The molecule has 30 heavy (non-hydrogen) atoms. The van der Waals surface area contributed by atoms with Crippen LogP contribution in [0.15, 0.2) is 48.9 Å². The lowest BCUT2D eigenvalue weighted by atomic mass is 10.1. The zero-order chi connectivity index (χ0) is 20.5. The van der Waals surface area contributed by atoms with E-state index in [-0.39, 0.29) is 18.6 Å². The van der Waals surface area contributed by atoms with Crippen LogP contribution in [0.4, 0.5) is 0 Å². The Labute approximate surface area is 176 Å². The Morgan fingerprint density at radius 3 is 2.73 bits per heavy atom. The van der Waals surface area contributed by atoms with Gasteiger partial charge in [0.2, 0.25) is 0 Å². The molecule has 2 aliphatic rings. The van der Waals surface area contributed by atoms with Crippen LogP contribution in [-0.4, -0.2) is 74.2 Å². The summed E-state index contributed by atoms with van der Waals surface area (Å²) in [4.78, 5) is 26.6. The Kier molecular flexibility index (Phi) is 5.23. The molecule has 1 saturated heterocycles. The number of aromatic nitrogens is 3. The minimum Gasteiger partial charge on any atom is -0.396 e. The van der Waals surface area contributed by atoms with E-state index in [1.165, 1.54) is 12.8 Å². The van der Waals surface area contributed by atoms with Gasteiger partial charge >= 0.3 is 0 Å². The second-order valence-corrected chi connectivity index (χ2v) is 8.37. The molecule has 1 atom stereocenters. The van der Waals surface area contributed by atoms with E-state index in [9.17, 15) is 9.90 Å². The maximum atomic E-state index is 13.2. The molecule has 1 aliphatic carbocycles. The highest BCUT2D eigenvalue weighted by Crippen LogP contribution is 2.31. The number of hydrogen-bond donors (Lipinski definition) is 1. The Bertz CT molecular complexity index is 1030. The molecule has 3 aromatic rings. The Balaban J connectivity index is 1.34. The molecular formula is C23H27N5O2. The number of rotatable bonds is 6. The third-order valence-corrected chi connectivity index (χ3v) is 6.21.